The van der Waals surface area contributed by atoms with Crippen molar-refractivity contribution in [2.75, 3.05) is 0 Å². The third-order valence-electron chi connectivity index (χ3n) is 8.96. The van der Waals surface area contributed by atoms with Gasteiger partial charge < -0.3 is 0 Å². The molecular formula is C41H23Br4N2+. The van der Waals surface area contributed by atoms with Crippen LogP contribution >= 0.6 is 63.7 Å². The molecule has 3 heterocycles. The van der Waals surface area contributed by atoms with E-state index < -0.39 is 0 Å². The smallest absolute Gasteiger partial charge is 0.186 e. The van der Waals surface area contributed by atoms with Crippen LogP contribution in [0.5, 0.6) is 0 Å². The fourth-order valence-electron chi connectivity index (χ4n) is 7.23. The van der Waals surface area contributed by atoms with Crippen molar-refractivity contribution in [2.45, 2.75) is 0 Å². The molecule has 0 aliphatic carbocycles. The van der Waals surface area contributed by atoms with E-state index in [1.54, 1.807) is 0 Å². The molecule has 0 N–H and O–H groups in total. The van der Waals surface area contributed by atoms with Crippen molar-refractivity contribution in [3.8, 4) is 44.8 Å². The Balaban J connectivity index is 1.64. The molecule has 0 unspecified atom stereocenters. The number of fused-ring (bicyclic) bond motifs is 3. The lowest BCUT2D eigenvalue weighted by Gasteiger charge is -2.19. The van der Waals surface area contributed by atoms with Gasteiger partial charge in [0.15, 0.2) is 11.0 Å². The van der Waals surface area contributed by atoms with Crippen LogP contribution in [0.2, 0.25) is 0 Å². The molecule has 0 saturated carbocycles. The Morgan fingerprint density at radius 2 is 0.936 bits per heavy atom. The summed E-state index contributed by atoms with van der Waals surface area (Å²) in [6, 6.07) is 50.3. The van der Waals surface area contributed by atoms with Gasteiger partial charge in [-0.05, 0) is 71.8 Å². The van der Waals surface area contributed by atoms with Gasteiger partial charge >= 0.3 is 5.65 Å². The first kappa shape index (κ1) is 29.3. The SMILES string of the molecule is Brc1cccc(-c2c(-c3cccc(Br)c3)n3c4ccccc4[n+]4c(-c5cccc(Br)c5)c(-c5cccc(Br)c5)c5cccc2c5c34)c1. The van der Waals surface area contributed by atoms with E-state index in [0.29, 0.717) is 0 Å². The number of imidazole rings is 1. The Morgan fingerprint density at radius 1 is 0.447 bits per heavy atom. The van der Waals surface area contributed by atoms with Crippen molar-refractivity contribution in [2.24, 2.45) is 0 Å². The average molecular weight is 863 g/mol. The topological polar surface area (TPSA) is 8.51 Å². The second-order valence-electron chi connectivity index (χ2n) is 11.7. The Hall–Kier alpha value is -3.81. The number of aromatic nitrogens is 2. The Kier molecular flexibility index (Phi) is 7.13. The van der Waals surface area contributed by atoms with Crippen molar-refractivity contribution < 1.29 is 4.40 Å². The number of hydrogen-bond acceptors (Lipinski definition) is 0. The molecule has 0 bridgehead atoms. The molecule has 0 saturated heterocycles. The fourth-order valence-corrected chi connectivity index (χ4v) is 8.82. The van der Waals surface area contributed by atoms with Crippen LogP contribution in [0.15, 0.2) is 157 Å². The predicted octanol–water partition coefficient (Wildman–Crippen LogP) is 13.1. The summed E-state index contributed by atoms with van der Waals surface area (Å²) >= 11 is 15.2. The average Bonchev–Trinajstić information content (AvgIpc) is 3.42. The lowest BCUT2D eigenvalue weighted by atomic mass is 9.88. The molecule has 47 heavy (non-hydrogen) atoms. The molecular weight excluding hydrogens is 840 g/mol. The molecule has 0 radical (unpaired) electrons. The summed E-state index contributed by atoms with van der Waals surface area (Å²) in [4.78, 5) is 0. The Labute approximate surface area is 305 Å². The minimum Gasteiger partial charge on any atom is -0.186 e. The van der Waals surface area contributed by atoms with Gasteiger partial charge in [0.05, 0.1) is 5.39 Å². The summed E-state index contributed by atoms with van der Waals surface area (Å²) in [6.07, 6.45) is 0. The molecule has 6 aromatic carbocycles. The predicted molar refractivity (Wildman–Crippen MR) is 209 cm³/mol. The quantitative estimate of drug-likeness (QED) is 0.156. The lowest BCUT2D eigenvalue weighted by molar-refractivity contribution is -0.466. The van der Waals surface area contributed by atoms with Crippen molar-refractivity contribution >= 4 is 96.6 Å². The molecule has 0 fully saturated rings. The third-order valence-corrected chi connectivity index (χ3v) is 10.9. The highest BCUT2D eigenvalue weighted by molar-refractivity contribution is 9.11. The van der Waals surface area contributed by atoms with Gasteiger partial charge in [-0.25, -0.2) is 0 Å². The van der Waals surface area contributed by atoms with Crippen LogP contribution in [0.1, 0.15) is 0 Å². The first-order valence-electron chi connectivity index (χ1n) is 15.2. The Morgan fingerprint density at radius 3 is 1.57 bits per heavy atom. The number of benzene rings is 6. The number of para-hydroxylation sites is 2. The van der Waals surface area contributed by atoms with Gasteiger partial charge in [-0.2, -0.15) is 8.80 Å². The van der Waals surface area contributed by atoms with Crippen LogP contribution in [0.4, 0.5) is 0 Å². The summed E-state index contributed by atoms with van der Waals surface area (Å²) in [6.45, 7) is 0. The maximum absolute atomic E-state index is 3.79. The van der Waals surface area contributed by atoms with E-state index >= 15 is 0 Å². The first-order chi connectivity index (χ1) is 23.0. The Bertz CT molecular complexity index is 2510. The monoisotopic (exact) mass is 859 g/mol. The fraction of sp³-hybridized carbons (Fsp3) is 0. The number of rotatable bonds is 4. The molecule has 9 rings (SSSR count). The van der Waals surface area contributed by atoms with E-state index in [-0.39, 0.29) is 0 Å². The van der Waals surface area contributed by atoms with Gasteiger partial charge in [-0.1, -0.05) is 143 Å². The van der Waals surface area contributed by atoms with E-state index in [1.165, 1.54) is 27.3 Å². The van der Waals surface area contributed by atoms with Crippen LogP contribution in [0.3, 0.4) is 0 Å². The molecule has 3 aromatic heterocycles. The number of halogens is 4. The highest BCUT2D eigenvalue weighted by atomic mass is 79.9. The zero-order chi connectivity index (χ0) is 31.8. The highest BCUT2D eigenvalue weighted by Crippen LogP contribution is 2.48. The van der Waals surface area contributed by atoms with Gasteiger partial charge in [-0.15, -0.1) is 0 Å². The van der Waals surface area contributed by atoms with Crippen molar-refractivity contribution in [1.29, 1.82) is 0 Å². The molecule has 9 aromatic rings. The number of hydrogen-bond donors (Lipinski definition) is 0. The van der Waals surface area contributed by atoms with E-state index in [0.717, 1.165) is 68.2 Å². The summed E-state index contributed by atoms with van der Waals surface area (Å²) in [5, 5.41) is 3.65. The maximum Gasteiger partial charge on any atom is 0.301 e. The van der Waals surface area contributed by atoms with Crippen molar-refractivity contribution in [3.63, 3.8) is 0 Å². The van der Waals surface area contributed by atoms with E-state index in [2.05, 4.69) is 212 Å². The van der Waals surface area contributed by atoms with Crippen LogP contribution in [0.25, 0.3) is 77.6 Å². The lowest BCUT2D eigenvalue weighted by Crippen LogP contribution is -2.26. The summed E-state index contributed by atoms with van der Waals surface area (Å²) in [5.41, 5.74) is 12.7. The second-order valence-corrected chi connectivity index (χ2v) is 15.4. The molecule has 0 amide bonds. The van der Waals surface area contributed by atoms with Gasteiger partial charge in [0.2, 0.25) is 0 Å². The van der Waals surface area contributed by atoms with Gasteiger partial charge in [0.1, 0.15) is 11.4 Å². The molecule has 2 nitrogen and oxygen atoms in total. The minimum absolute atomic E-state index is 1.04. The van der Waals surface area contributed by atoms with E-state index in [4.69, 9.17) is 0 Å². The minimum atomic E-state index is 1.04. The summed E-state index contributed by atoms with van der Waals surface area (Å²) in [5.74, 6) is 0. The zero-order valence-corrected chi connectivity index (χ0v) is 31.0. The molecule has 0 aliphatic heterocycles. The molecule has 0 atom stereocenters. The van der Waals surface area contributed by atoms with E-state index in [9.17, 15) is 0 Å². The summed E-state index contributed by atoms with van der Waals surface area (Å²) in [7, 11) is 0. The maximum atomic E-state index is 3.79. The van der Waals surface area contributed by atoms with Crippen LogP contribution in [0, 0.1) is 0 Å². The third kappa shape index (κ3) is 4.64. The second kappa shape index (κ2) is 11.4. The molecule has 0 aliphatic rings. The van der Waals surface area contributed by atoms with Crippen molar-refractivity contribution in [3.05, 3.63) is 157 Å². The highest BCUT2D eigenvalue weighted by Gasteiger charge is 2.34. The van der Waals surface area contributed by atoms with E-state index in [1.807, 2.05) is 0 Å². The number of nitrogens with zero attached hydrogens (tertiary/aromatic N) is 2. The largest absolute Gasteiger partial charge is 0.301 e. The van der Waals surface area contributed by atoms with Gasteiger partial charge in [0, 0.05) is 50.9 Å². The van der Waals surface area contributed by atoms with Crippen molar-refractivity contribution in [1.82, 2.24) is 4.40 Å². The molecule has 6 heteroatoms. The first-order valence-corrected chi connectivity index (χ1v) is 18.4. The molecule has 224 valence electrons. The van der Waals surface area contributed by atoms with Crippen LogP contribution in [-0.4, -0.2) is 4.40 Å². The van der Waals surface area contributed by atoms with Crippen LogP contribution < -0.4 is 4.40 Å². The standard InChI is InChI=1S/C41H23Br4N2/c42-28-12-3-8-24(20-28)36-32-16-7-17-33-37(25-9-4-13-29(43)21-25)40(27-11-6-15-31(45)23-27)47-35-19-2-1-18-34(35)46(41(47)38(32)33)39(36)26-10-5-14-30(44)22-26/h1-23H/q+1. The summed E-state index contributed by atoms with van der Waals surface area (Å²) < 4.78 is 9.17. The van der Waals surface area contributed by atoms with Crippen LogP contribution in [-0.2, 0) is 0 Å². The van der Waals surface area contributed by atoms with Gasteiger partial charge in [-0.3, -0.25) is 0 Å². The molecule has 0 spiro atoms. The van der Waals surface area contributed by atoms with Gasteiger partial charge in [0.25, 0.3) is 0 Å². The zero-order valence-electron chi connectivity index (χ0n) is 24.7. The normalized spacial score (nSPS) is 11.8. The number of pyridine rings is 2.